The number of phenols is 1. The number of aromatic hydroxyl groups is 1. The van der Waals surface area contributed by atoms with Gasteiger partial charge in [0.25, 0.3) is 0 Å². The molecule has 0 aliphatic carbocycles. The third kappa shape index (κ3) is 3.27. The highest BCUT2D eigenvalue weighted by molar-refractivity contribution is 7.89. The zero-order chi connectivity index (χ0) is 15.5. The molecular weight excluding hydrogens is 286 g/mol. The van der Waals surface area contributed by atoms with Crippen LogP contribution in [0, 0.1) is 0 Å². The van der Waals surface area contributed by atoms with Crippen molar-refractivity contribution in [3.05, 3.63) is 23.8 Å². The number of carbonyl (C=O) groups is 1. The van der Waals surface area contributed by atoms with Crippen LogP contribution in [0.15, 0.2) is 23.1 Å². The van der Waals surface area contributed by atoms with Crippen LogP contribution in [-0.4, -0.2) is 55.7 Å². The molecule has 1 aromatic carbocycles. The molecule has 0 saturated carbocycles. The van der Waals surface area contributed by atoms with Crippen molar-refractivity contribution in [2.45, 2.75) is 17.9 Å². The second-order valence-corrected chi connectivity index (χ2v) is 6.31. The maximum Gasteiger partial charge on any atom is 0.339 e. The van der Waals surface area contributed by atoms with Crippen LogP contribution >= 0.6 is 0 Å². The number of benzene rings is 1. The van der Waals surface area contributed by atoms with E-state index >= 15 is 0 Å². The van der Waals surface area contributed by atoms with E-state index in [1.165, 1.54) is 14.2 Å². The van der Waals surface area contributed by atoms with Crippen LogP contribution in [0.4, 0.5) is 0 Å². The molecule has 0 aromatic heterocycles. The highest BCUT2D eigenvalue weighted by Gasteiger charge is 2.26. The summed E-state index contributed by atoms with van der Waals surface area (Å²) in [5, 5.41) is 18.3. The number of hydrogen-bond acceptors (Lipinski definition) is 5. The molecule has 2 N–H and O–H groups in total. The Hall–Kier alpha value is -1.64. The van der Waals surface area contributed by atoms with E-state index in [0.29, 0.717) is 0 Å². The van der Waals surface area contributed by atoms with Crippen molar-refractivity contribution in [3.8, 4) is 5.75 Å². The van der Waals surface area contributed by atoms with Gasteiger partial charge in [0.05, 0.1) is 11.5 Å². The summed E-state index contributed by atoms with van der Waals surface area (Å²) >= 11 is 0. The maximum atomic E-state index is 12.3. The van der Waals surface area contributed by atoms with E-state index in [1.807, 2.05) is 0 Å². The number of likely N-dealkylation sites (N-methyl/N-ethyl adjacent to an activating group) is 1. The zero-order valence-electron chi connectivity index (χ0n) is 11.4. The topological polar surface area (TPSA) is 104 Å². The molecule has 20 heavy (non-hydrogen) atoms. The number of sulfonamides is 1. The molecule has 1 unspecified atom stereocenters. The van der Waals surface area contributed by atoms with Gasteiger partial charge in [-0.25, -0.2) is 13.2 Å². The minimum absolute atomic E-state index is 0.196. The molecule has 0 spiro atoms. The van der Waals surface area contributed by atoms with Gasteiger partial charge < -0.3 is 14.9 Å². The molecule has 8 heteroatoms. The predicted molar refractivity (Wildman–Crippen MR) is 71.4 cm³/mol. The molecule has 0 amide bonds. The number of methoxy groups -OCH3 is 1. The van der Waals surface area contributed by atoms with Gasteiger partial charge in [-0.3, -0.25) is 0 Å². The second-order valence-electron chi connectivity index (χ2n) is 4.31. The molecule has 1 atom stereocenters. The fourth-order valence-electron chi connectivity index (χ4n) is 1.60. The van der Waals surface area contributed by atoms with Gasteiger partial charge in [0.2, 0.25) is 10.0 Å². The summed E-state index contributed by atoms with van der Waals surface area (Å²) < 4.78 is 30.6. The minimum Gasteiger partial charge on any atom is -0.507 e. The molecule has 0 radical (unpaired) electrons. The van der Waals surface area contributed by atoms with Gasteiger partial charge >= 0.3 is 5.97 Å². The summed E-state index contributed by atoms with van der Waals surface area (Å²) in [7, 11) is -1.01. The van der Waals surface area contributed by atoms with E-state index in [4.69, 9.17) is 9.84 Å². The number of nitrogens with zero attached hydrogens (tertiary/aromatic N) is 1. The normalized spacial score (nSPS) is 13.4. The van der Waals surface area contributed by atoms with Gasteiger partial charge in [-0.15, -0.1) is 0 Å². The van der Waals surface area contributed by atoms with Crippen LogP contribution in [0.2, 0.25) is 0 Å². The van der Waals surface area contributed by atoms with E-state index < -0.39 is 33.3 Å². The fourth-order valence-corrected chi connectivity index (χ4v) is 2.97. The lowest BCUT2D eigenvalue weighted by atomic mass is 10.2. The monoisotopic (exact) mass is 303 g/mol. The molecule has 0 heterocycles. The Kier molecular flexibility index (Phi) is 5.09. The molecular formula is C12H17NO6S. The molecule has 1 rings (SSSR count). The van der Waals surface area contributed by atoms with Gasteiger partial charge in [-0.1, -0.05) is 0 Å². The van der Waals surface area contributed by atoms with Crippen molar-refractivity contribution in [3.63, 3.8) is 0 Å². The SMILES string of the molecule is COCC(C)N(C)S(=O)(=O)c1ccc(O)c(C(=O)O)c1. The summed E-state index contributed by atoms with van der Waals surface area (Å²) in [5.41, 5.74) is -0.459. The smallest absolute Gasteiger partial charge is 0.339 e. The summed E-state index contributed by atoms with van der Waals surface area (Å²) in [5.74, 6) is -1.88. The molecule has 0 saturated heterocycles. The maximum absolute atomic E-state index is 12.3. The number of rotatable bonds is 6. The average molecular weight is 303 g/mol. The zero-order valence-corrected chi connectivity index (χ0v) is 12.2. The highest BCUT2D eigenvalue weighted by Crippen LogP contribution is 2.24. The quantitative estimate of drug-likeness (QED) is 0.803. The van der Waals surface area contributed by atoms with Crippen molar-refractivity contribution in [1.82, 2.24) is 4.31 Å². The third-order valence-electron chi connectivity index (χ3n) is 2.90. The summed E-state index contributed by atoms with van der Waals surface area (Å²) in [6.07, 6.45) is 0. The van der Waals surface area contributed by atoms with Crippen molar-refractivity contribution in [2.24, 2.45) is 0 Å². The Morgan fingerprint density at radius 3 is 2.55 bits per heavy atom. The fraction of sp³-hybridized carbons (Fsp3) is 0.417. The number of carboxylic acid groups (broad SMARTS) is 1. The Labute approximate surface area is 117 Å². The van der Waals surface area contributed by atoms with E-state index in [9.17, 15) is 18.3 Å². The Bertz CT molecular complexity index is 598. The Morgan fingerprint density at radius 2 is 2.05 bits per heavy atom. The van der Waals surface area contributed by atoms with Crippen molar-refractivity contribution in [2.75, 3.05) is 20.8 Å². The molecule has 112 valence electrons. The lowest BCUT2D eigenvalue weighted by Crippen LogP contribution is -2.37. The van der Waals surface area contributed by atoms with Gasteiger partial charge in [-0.05, 0) is 25.1 Å². The first-order valence-corrected chi connectivity index (χ1v) is 7.19. The van der Waals surface area contributed by atoms with Crippen LogP contribution < -0.4 is 0 Å². The van der Waals surface area contributed by atoms with E-state index in [0.717, 1.165) is 22.5 Å². The van der Waals surface area contributed by atoms with Crippen LogP contribution in [0.25, 0.3) is 0 Å². The van der Waals surface area contributed by atoms with E-state index in [1.54, 1.807) is 6.92 Å². The molecule has 0 aliphatic rings. The number of ether oxygens (including phenoxy) is 1. The van der Waals surface area contributed by atoms with Crippen molar-refractivity contribution < 1.29 is 28.2 Å². The van der Waals surface area contributed by atoms with Crippen molar-refractivity contribution >= 4 is 16.0 Å². The van der Waals surface area contributed by atoms with Crippen LogP contribution in [-0.2, 0) is 14.8 Å². The number of carboxylic acids is 1. The van der Waals surface area contributed by atoms with E-state index in [2.05, 4.69) is 0 Å². The van der Waals surface area contributed by atoms with Gasteiger partial charge in [0, 0.05) is 20.2 Å². The van der Waals surface area contributed by atoms with Gasteiger partial charge in [0.15, 0.2) is 0 Å². The lowest BCUT2D eigenvalue weighted by Gasteiger charge is -2.23. The minimum atomic E-state index is -3.85. The third-order valence-corrected chi connectivity index (χ3v) is 4.87. The number of aromatic carboxylic acids is 1. The Balaban J connectivity index is 3.22. The summed E-state index contributed by atoms with van der Waals surface area (Å²) in [6.45, 7) is 1.87. The van der Waals surface area contributed by atoms with Crippen LogP contribution in [0.1, 0.15) is 17.3 Å². The number of hydrogen-bond donors (Lipinski definition) is 2. The first kappa shape index (κ1) is 16.4. The predicted octanol–water partition coefficient (Wildman–Crippen LogP) is 0.746. The van der Waals surface area contributed by atoms with Gasteiger partial charge in [0.1, 0.15) is 11.3 Å². The van der Waals surface area contributed by atoms with E-state index in [-0.39, 0.29) is 11.5 Å². The lowest BCUT2D eigenvalue weighted by molar-refractivity contribution is 0.0693. The molecule has 1 aromatic rings. The first-order chi connectivity index (χ1) is 9.21. The molecule has 0 bridgehead atoms. The highest BCUT2D eigenvalue weighted by atomic mass is 32.2. The Morgan fingerprint density at radius 1 is 1.45 bits per heavy atom. The largest absolute Gasteiger partial charge is 0.507 e. The average Bonchev–Trinajstić information content (AvgIpc) is 2.37. The van der Waals surface area contributed by atoms with Crippen LogP contribution in [0.5, 0.6) is 5.75 Å². The molecule has 0 aliphatic heterocycles. The van der Waals surface area contributed by atoms with Crippen molar-refractivity contribution in [1.29, 1.82) is 0 Å². The summed E-state index contributed by atoms with van der Waals surface area (Å²) in [4.78, 5) is 10.7. The summed E-state index contributed by atoms with van der Waals surface area (Å²) in [6, 6.07) is 2.73. The molecule has 7 nitrogen and oxygen atoms in total. The second kappa shape index (κ2) is 6.21. The van der Waals surface area contributed by atoms with Crippen LogP contribution in [0.3, 0.4) is 0 Å². The standard InChI is InChI=1S/C12H17NO6S/c1-8(7-19-3)13(2)20(17,18)9-4-5-11(14)10(6-9)12(15)16/h4-6,8,14H,7H2,1-3H3,(H,15,16). The first-order valence-electron chi connectivity index (χ1n) is 5.75. The molecule has 0 fully saturated rings. The van der Waals surface area contributed by atoms with Gasteiger partial charge in [-0.2, -0.15) is 4.31 Å².